The van der Waals surface area contributed by atoms with Gasteiger partial charge in [0.25, 0.3) is 0 Å². The maximum absolute atomic E-state index is 12.9. The van der Waals surface area contributed by atoms with Crippen molar-refractivity contribution in [2.45, 2.75) is 13.5 Å². The van der Waals surface area contributed by atoms with Crippen LogP contribution in [0.2, 0.25) is 0 Å². The number of benzene rings is 1. The second-order valence-electron chi connectivity index (χ2n) is 4.78. The van der Waals surface area contributed by atoms with Gasteiger partial charge in [0, 0.05) is 6.07 Å². The van der Waals surface area contributed by atoms with E-state index in [1.807, 2.05) is 6.92 Å². The Bertz CT molecular complexity index is 959. The van der Waals surface area contributed by atoms with Crippen molar-refractivity contribution in [3.63, 3.8) is 0 Å². The molecule has 4 rings (SSSR count). The quantitative estimate of drug-likeness (QED) is 0.572. The van der Waals surface area contributed by atoms with E-state index in [1.54, 1.807) is 22.7 Å². The van der Waals surface area contributed by atoms with E-state index in [4.69, 9.17) is 9.26 Å². The van der Waals surface area contributed by atoms with E-state index in [0.717, 1.165) is 0 Å². The number of ether oxygens (including phenoxy) is 1. The minimum Gasteiger partial charge on any atom is -0.486 e. The molecule has 0 N–H and O–H groups in total. The number of rotatable bonds is 4. The van der Waals surface area contributed by atoms with Crippen LogP contribution in [0, 0.1) is 12.7 Å². The first-order chi connectivity index (χ1) is 11.2. The van der Waals surface area contributed by atoms with Crippen LogP contribution in [0.3, 0.4) is 0 Å². The molecule has 0 saturated heterocycles. The molecule has 23 heavy (non-hydrogen) atoms. The zero-order chi connectivity index (χ0) is 15.8. The van der Waals surface area contributed by atoms with E-state index >= 15 is 0 Å². The highest BCUT2D eigenvalue weighted by molar-refractivity contribution is 7.19. The van der Waals surface area contributed by atoms with Gasteiger partial charge in [0.1, 0.15) is 29.6 Å². The summed E-state index contributed by atoms with van der Waals surface area (Å²) in [5.74, 6) is 1.50. The highest BCUT2D eigenvalue weighted by Crippen LogP contribution is 2.25. The molecule has 0 fully saturated rings. The summed E-state index contributed by atoms with van der Waals surface area (Å²) in [6.45, 7) is 1.99. The molecule has 116 valence electrons. The van der Waals surface area contributed by atoms with Gasteiger partial charge in [-0.1, -0.05) is 16.5 Å². The molecular weight excluding hydrogens is 321 g/mol. The first-order valence-corrected chi connectivity index (χ1v) is 7.54. The van der Waals surface area contributed by atoms with Crippen molar-refractivity contribution in [3.8, 4) is 16.5 Å². The maximum atomic E-state index is 12.9. The first-order valence-electron chi connectivity index (χ1n) is 6.72. The zero-order valence-electron chi connectivity index (χ0n) is 11.9. The van der Waals surface area contributed by atoms with Crippen LogP contribution in [0.5, 0.6) is 5.75 Å². The molecule has 3 aromatic heterocycles. The van der Waals surface area contributed by atoms with Crippen LogP contribution in [0.1, 0.15) is 11.6 Å². The average molecular weight is 331 g/mol. The number of nitrogens with zero attached hydrogens (tertiary/aromatic N) is 5. The number of hydrogen-bond donors (Lipinski definition) is 0. The Labute approximate surface area is 133 Å². The molecule has 0 unspecified atom stereocenters. The summed E-state index contributed by atoms with van der Waals surface area (Å²) in [6, 6.07) is 7.59. The predicted molar refractivity (Wildman–Crippen MR) is 79.6 cm³/mol. The number of halogens is 1. The summed E-state index contributed by atoms with van der Waals surface area (Å²) in [5.41, 5.74) is 0.656. The lowest BCUT2D eigenvalue weighted by Gasteiger charge is -2.03. The van der Waals surface area contributed by atoms with Crippen LogP contribution in [0.25, 0.3) is 15.7 Å². The largest absolute Gasteiger partial charge is 0.486 e. The minimum atomic E-state index is -0.311. The molecule has 0 atom stereocenters. The van der Waals surface area contributed by atoms with E-state index in [0.29, 0.717) is 33.0 Å². The number of aromatic nitrogens is 5. The van der Waals surface area contributed by atoms with Crippen molar-refractivity contribution in [1.29, 1.82) is 0 Å². The number of fused-ring (bicyclic) bond motifs is 1. The molecule has 0 bridgehead atoms. The Morgan fingerprint density at radius 2 is 2.09 bits per heavy atom. The van der Waals surface area contributed by atoms with Crippen molar-refractivity contribution in [2.75, 3.05) is 0 Å². The monoisotopic (exact) mass is 331 g/mol. The van der Waals surface area contributed by atoms with Crippen LogP contribution in [-0.2, 0) is 6.61 Å². The minimum absolute atomic E-state index is 0.174. The number of hydrogen-bond acceptors (Lipinski definition) is 7. The van der Waals surface area contributed by atoms with Gasteiger partial charge >= 0.3 is 0 Å². The predicted octanol–water partition coefficient (Wildman–Crippen LogP) is 2.87. The number of aryl methyl sites for hydroxylation is 1. The Hall–Kier alpha value is -2.81. The lowest BCUT2D eigenvalue weighted by atomic mass is 10.3. The molecule has 3 heterocycles. The topological polar surface area (TPSA) is 78.3 Å². The van der Waals surface area contributed by atoms with Crippen molar-refractivity contribution in [2.24, 2.45) is 0 Å². The Morgan fingerprint density at radius 3 is 2.83 bits per heavy atom. The second-order valence-corrected chi connectivity index (χ2v) is 5.74. The second kappa shape index (κ2) is 5.43. The molecular formula is C14H10FN5O2S. The summed E-state index contributed by atoms with van der Waals surface area (Å²) < 4.78 is 25.1. The van der Waals surface area contributed by atoms with E-state index < -0.39 is 0 Å². The third-order valence-corrected chi connectivity index (χ3v) is 4.01. The van der Waals surface area contributed by atoms with E-state index in [2.05, 4.69) is 20.5 Å². The van der Waals surface area contributed by atoms with Crippen LogP contribution in [0.4, 0.5) is 4.39 Å². The molecule has 0 aliphatic rings. The van der Waals surface area contributed by atoms with Gasteiger partial charge in [-0.25, -0.2) is 4.39 Å². The fourth-order valence-corrected chi connectivity index (χ4v) is 2.81. The maximum Gasteiger partial charge on any atom is 0.235 e. The molecule has 0 aliphatic carbocycles. The van der Waals surface area contributed by atoms with Crippen LogP contribution in [-0.4, -0.2) is 25.0 Å². The molecule has 0 amide bonds. The Kier molecular flexibility index (Phi) is 3.27. The van der Waals surface area contributed by atoms with Gasteiger partial charge in [-0.3, -0.25) is 0 Å². The SMILES string of the molecule is Cc1cc(-c2nn3c(COc4ccc(F)cc4)nnc3s2)no1. The van der Waals surface area contributed by atoms with Crippen molar-refractivity contribution < 1.29 is 13.7 Å². The third kappa shape index (κ3) is 2.66. The Morgan fingerprint density at radius 1 is 1.26 bits per heavy atom. The standard InChI is InChI=1S/C14H10FN5O2S/c1-8-6-11(19-22-8)13-18-20-12(16-17-14(20)23-13)7-21-10-4-2-9(15)3-5-10/h2-6H,7H2,1H3. The lowest BCUT2D eigenvalue weighted by Crippen LogP contribution is -2.02. The zero-order valence-corrected chi connectivity index (χ0v) is 12.7. The highest BCUT2D eigenvalue weighted by Gasteiger charge is 2.15. The molecule has 1 aromatic carbocycles. The molecule has 4 aromatic rings. The highest BCUT2D eigenvalue weighted by atomic mass is 32.1. The van der Waals surface area contributed by atoms with Gasteiger partial charge in [0.05, 0.1) is 0 Å². The summed E-state index contributed by atoms with van der Waals surface area (Å²) in [5, 5.41) is 17.2. The van der Waals surface area contributed by atoms with Gasteiger partial charge in [0.2, 0.25) is 4.96 Å². The Balaban J connectivity index is 1.58. The van der Waals surface area contributed by atoms with Crippen molar-refractivity contribution in [1.82, 2.24) is 25.0 Å². The fourth-order valence-electron chi connectivity index (χ4n) is 2.00. The van der Waals surface area contributed by atoms with Crippen molar-refractivity contribution >= 4 is 16.3 Å². The molecule has 0 spiro atoms. The third-order valence-electron chi connectivity index (χ3n) is 3.08. The summed E-state index contributed by atoms with van der Waals surface area (Å²) in [6.07, 6.45) is 0. The van der Waals surface area contributed by atoms with Gasteiger partial charge in [-0.15, -0.1) is 10.2 Å². The normalized spacial score (nSPS) is 11.2. The summed E-state index contributed by atoms with van der Waals surface area (Å²) in [7, 11) is 0. The molecule has 0 saturated carbocycles. The molecule has 0 radical (unpaired) electrons. The smallest absolute Gasteiger partial charge is 0.235 e. The van der Waals surface area contributed by atoms with Crippen LogP contribution in [0.15, 0.2) is 34.9 Å². The van der Waals surface area contributed by atoms with Gasteiger partial charge < -0.3 is 9.26 Å². The van der Waals surface area contributed by atoms with E-state index in [9.17, 15) is 4.39 Å². The molecule has 9 heteroatoms. The van der Waals surface area contributed by atoms with Gasteiger partial charge in [0.15, 0.2) is 10.8 Å². The summed E-state index contributed by atoms with van der Waals surface area (Å²) in [4.78, 5) is 0.637. The van der Waals surface area contributed by atoms with E-state index in [1.165, 1.54) is 23.5 Å². The van der Waals surface area contributed by atoms with Gasteiger partial charge in [-0.2, -0.15) is 9.61 Å². The summed E-state index contributed by atoms with van der Waals surface area (Å²) >= 11 is 1.36. The average Bonchev–Trinajstić information content (AvgIpc) is 3.22. The van der Waals surface area contributed by atoms with Gasteiger partial charge in [-0.05, 0) is 31.2 Å². The molecule has 0 aliphatic heterocycles. The molecule has 7 nitrogen and oxygen atoms in total. The van der Waals surface area contributed by atoms with Crippen LogP contribution >= 0.6 is 11.3 Å². The van der Waals surface area contributed by atoms with Crippen molar-refractivity contribution in [3.05, 3.63) is 47.7 Å². The van der Waals surface area contributed by atoms with E-state index in [-0.39, 0.29) is 12.4 Å². The fraction of sp³-hybridized carbons (Fsp3) is 0.143. The van der Waals surface area contributed by atoms with Crippen LogP contribution < -0.4 is 4.74 Å². The lowest BCUT2D eigenvalue weighted by molar-refractivity contribution is 0.292. The first kappa shape index (κ1) is 13.8.